The van der Waals surface area contributed by atoms with E-state index in [1.54, 1.807) is 24.3 Å². The minimum Gasteiger partial charge on any atom is -0.504 e. The summed E-state index contributed by atoms with van der Waals surface area (Å²) in [5.74, 6) is -0.978. The lowest BCUT2D eigenvalue weighted by Gasteiger charge is -2.09. The molecule has 0 unspecified atom stereocenters. The molecule has 232 valence electrons. The van der Waals surface area contributed by atoms with Crippen LogP contribution in [0.5, 0.6) is 11.5 Å². The average molecular weight is 591 g/mol. The molecule has 12 heteroatoms. The SMILES string of the molecule is CC.NCCOCCOCCOCCOCCOCCNC(=O)c1ccc(-c2cc(=O)c3ccc(O)c(O)c3o2)cc1. The minimum atomic E-state index is -0.506. The van der Waals surface area contributed by atoms with Gasteiger partial charge in [-0.15, -0.1) is 0 Å². The van der Waals surface area contributed by atoms with E-state index in [4.69, 9.17) is 33.8 Å². The van der Waals surface area contributed by atoms with Gasteiger partial charge in [-0.05, 0) is 24.3 Å². The van der Waals surface area contributed by atoms with E-state index in [-0.39, 0.29) is 33.8 Å². The maximum Gasteiger partial charge on any atom is 0.251 e. The van der Waals surface area contributed by atoms with E-state index >= 15 is 0 Å². The number of nitrogens with two attached hydrogens (primary N) is 1. The van der Waals surface area contributed by atoms with Crippen LogP contribution in [0.25, 0.3) is 22.3 Å². The zero-order valence-corrected chi connectivity index (χ0v) is 24.3. The van der Waals surface area contributed by atoms with E-state index in [0.717, 1.165) is 0 Å². The molecule has 1 aromatic heterocycles. The first kappa shape index (κ1) is 34.7. The molecule has 0 aliphatic rings. The molecule has 2 aromatic carbocycles. The minimum absolute atomic E-state index is 0.106. The van der Waals surface area contributed by atoms with Gasteiger partial charge in [-0.1, -0.05) is 26.0 Å². The van der Waals surface area contributed by atoms with Crippen LogP contribution in [-0.4, -0.2) is 95.3 Å². The van der Waals surface area contributed by atoms with Crippen molar-refractivity contribution in [3.63, 3.8) is 0 Å². The van der Waals surface area contributed by atoms with Crippen molar-refractivity contribution in [1.29, 1.82) is 0 Å². The topological polar surface area (TPSA) is 172 Å². The number of ether oxygens (including phenoxy) is 5. The Labute approximate surface area is 245 Å². The Morgan fingerprint density at radius 1 is 0.786 bits per heavy atom. The fraction of sp³-hybridized carbons (Fsp3) is 0.467. The van der Waals surface area contributed by atoms with Gasteiger partial charge in [0.1, 0.15) is 5.76 Å². The summed E-state index contributed by atoms with van der Waals surface area (Å²) in [6.07, 6.45) is 0. The van der Waals surface area contributed by atoms with Crippen molar-refractivity contribution in [1.82, 2.24) is 5.32 Å². The summed E-state index contributed by atoms with van der Waals surface area (Å²) in [5, 5.41) is 22.7. The molecule has 12 nitrogen and oxygen atoms in total. The molecule has 0 saturated heterocycles. The molecule has 42 heavy (non-hydrogen) atoms. The van der Waals surface area contributed by atoms with Gasteiger partial charge in [0.2, 0.25) is 5.75 Å². The average Bonchev–Trinajstić information content (AvgIpc) is 3.01. The lowest BCUT2D eigenvalue weighted by atomic mass is 10.1. The van der Waals surface area contributed by atoms with Gasteiger partial charge in [0.05, 0.1) is 71.5 Å². The lowest BCUT2D eigenvalue weighted by Crippen LogP contribution is -2.27. The van der Waals surface area contributed by atoms with Gasteiger partial charge in [-0.3, -0.25) is 9.59 Å². The smallest absolute Gasteiger partial charge is 0.251 e. The molecular weight excluding hydrogens is 548 g/mol. The van der Waals surface area contributed by atoms with E-state index in [9.17, 15) is 19.8 Å². The summed E-state index contributed by atoms with van der Waals surface area (Å²) < 4.78 is 32.5. The monoisotopic (exact) mass is 590 g/mol. The van der Waals surface area contributed by atoms with Gasteiger partial charge in [0.25, 0.3) is 5.91 Å². The van der Waals surface area contributed by atoms with Crippen LogP contribution < -0.4 is 16.5 Å². The van der Waals surface area contributed by atoms with Gasteiger partial charge in [0, 0.05) is 30.3 Å². The Hall–Kier alpha value is -3.52. The third-order valence-electron chi connectivity index (χ3n) is 5.56. The fourth-order valence-corrected chi connectivity index (χ4v) is 3.53. The number of nitrogens with one attached hydrogen (secondary N) is 1. The number of rotatable bonds is 19. The summed E-state index contributed by atoms with van der Waals surface area (Å²) in [6.45, 7) is 9.40. The molecule has 0 bridgehead atoms. The van der Waals surface area contributed by atoms with E-state index in [2.05, 4.69) is 5.32 Å². The number of benzene rings is 2. The van der Waals surface area contributed by atoms with Crippen LogP contribution >= 0.6 is 0 Å². The van der Waals surface area contributed by atoms with Crippen LogP contribution in [0.4, 0.5) is 0 Å². The van der Waals surface area contributed by atoms with E-state index in [1.165, 1.54) is 18.2 Å². The maximum absolute atomic E-state index is 12.4. The highest BCUT2D eigenvalue weighted by Gasteiger charge is 2.14. The van der Waals surface area contributed by atoms with Crippen molar-refractivity contribution in [2.75, 3.05) is 79.2 Å². The normalized spacial score (nSPS) is 10.8. The molecule has 5 N–H and O–H groups in total. The second kappa shape index (κ2) is 20.4. The number of carbonyl (C=O) groups is 1. The Morgan fingerprint density at radius 2 is 1.31 bits per heavy atom. The first-order chi connectivity index (χ1) is 20.5. The maximum atomic E-state index is 12.4. The van der Waals surface area contributed by atoms with Gasteiger partial charge in [-0.25, -0.2) is 0 Å². The molecule has 1 amide bonds. The van der Waals surface area contributed by atoms with Crippen LogP contribution in [0, 0.1) is 0 Å². The van der Waals surface area contributed by atoms with Crippen molar-refractivity contribution in [2.45, 2.75) is 13.8 Å². The van der Waals surface area contributed by atoms with Crippen LogP contribution in [0.2, 0.25) is 0 Å². The third-order valence-corrected chi connectivity index (χ3v) is 5.56. The number of phenolic OH excluding ortho intramolecular Hbond substituents is 2. The number of hydrogen-bond acceptors (Lipinski definition) is 11. The quantitative estimate of drug-likeness (QED) is 0.119. The fourth-order valence-electron chi connectivity index (χ4n) is 3.53. The standard InChI is InChI=1S/C28H36N2O10.C2H6/c29-7-9-35-11-13-37-15-17-39-18-16-38-14-12-36-10-8-30-28(34)21-3-1-20(2-4-21)25-19-24(32)22-5-6-23(31)26(33)27(22)40-25;1-2/h1-6,19,31,33H,7-18,29H2,(H,30,34);1-2H3. The van der Waals surface area contributed by atoms with E-state index in [1.807, 2.05) is 13.8 Å². The van der Waals surface area contributed by atoms with E-state index < -0.39 is 5.75 Å². The summed E-state index contributed by atoms with van der Waals surface area (Å²) in [4.78, 5) is 24.8. The van der Waals surface area contributed by atoms with Crippen LogP contribution in [0.1, 0.15) is 24.2 Å². The Balaban J connectivity index is 0.00000301. The largest absolute Gasteiger partial charge is 0.504 e. The zero-order valence-electron chi connectivity index (χ0n) is 24.3. The number of hydrogen-bond donors (Lipinski definition) is 4. The molecule has 1 heterocycles. The first-order valence-electron chi connectivity index (χ1n) is 14.0. The highest BCUT2D eigenvalue weighted by atomic mass is 16.6. The van der Waals surface area contributed by atoms with Gasteiger partial charge >= 0.3 is 0 Å². The first-order valence-corrected chi connectivity index (χ1v) is 14.0. The summed E-state index contributed by atoms with van der Waals surface area (Å²) >= 11 is 0. The van der Waals surface area contributed by atoms with Crippen LogP contribution in [0.15, 0.2) is 51.7 Å². The highest BCUT2D eigenvalue weighted by Crippen LogP contribution is 2.34. The van der Waals surface area contributed by atoms with Gasteiger partial charge < -0.3 is 49.4 Å². The van der Waals surface area contributed by atoms with Crippen molar-refractivity contribution in [2.24, 2.45) is 5.73 Å². The summed E-state index contributed by atoms with van der Waals surface area (Å²) in [7, 11) is 0. The molecule has 0 aliphatic carbocycles. The predicted molar refractivity (Wildman–Crippen MR) is 158 cm³/mol. The summed E-state index contributed by atoms with van der Waals surface area (Å²) in [5.41, 5.74) is 5.80. The highest BCUT2D eigenvalue weighted by molar-refractivity contribution is 5.94. The van der Waals surface area contributed by atoms with Gasteiger partial charge in [-0.2, -0.15) is 0 Å². The van der Waals surface area contributed by atoms with Crippen molar-refractivity contribution >= 4 is 16.9 Å². The number of phenols is 2. The Kier molecular flexibility index (Phi) is 16.8. The molecule has 0 fully saturated rings. The van der Waals surface area contributed by atoms with Crippen molar-refractivity contribution in [3.8, 4) is 22.8 Å². The lowest BCUT2D eigenvalue weighted by molar-refractivity contribution is -0.0102. The molecule has 0 saturated carbocycles. The summed E-state index contributed by atoms with van der Waals surface area (Å²) in [6, 6.07) is 10.3. The second-order valence-corrected chi connectivity index (χ2v) is 8.47. The van der Waals surface area contributed by atoms with Gasteiger partial charge in [0.15, 0.2) is 16.8 Å². The van der Waals surface area contributed by atoms with E-state index in [0.29, 0.717) is 90.3 Å². The molecule has 3 aromatic rings. The second-order valence-electron chi connectivity index (χ2n) is 8.47. The Bertz CT molecular complexity index is 1250. The number of carbonyl (C=O) groups excluding carboxylic acids is 1. The number of fused-ring (bicyclic) bond motifs is 1. The zero-order chi connectivity index (χ0) is 30.6. The molecule has 3 rings (SSSR count). The molecule has 0 radical (unpaired) electrons. The van der Waals surface area contributed by atoms with Crippen molar-refractivity contribution < 1.29 is 43.1 Å². The molecule has 0 atom stereocenters. The molecular formula is C30H42N2O10. The Morgan fingerprint density at radius 3 is 1.86 bits per heavy atom. The van der Waals surface area contributed by atoms with Crippen LogP contribution in [0.3, 0.4) is 0 Å². The molecule has 0 spiro atoms. The predicted octanol–water partition coefficient (Wildman–Crippen LogP) is 2.67. The van der Waals surface area contributed by atoms with Crippen molar-refractivity contribution in [3.05, 3.63) is 58.3 Å². The van der Waals surface area contributed by atoms with Crippen LogP contribution in [-0.2, 0) is 23.7 Å². The number of amides is 1. The molecule has 0 aliphatic heterocycles. The third kappa shape index (κ3) is 11.8. The number of aromatic hydroxyl groups is 2.